The van der Waals surface area contributed by atoms with E-state index in [0.717, 1.165) is 22.6 Å². The molecule has 0 fully saturated rings. The summed E-state index contributed by atoms with van der Waals surface area (Å²) in [4.78, 5) is 12.4. The highest BCUT2D eigenvalue weighted by atomic mass is 16.5. The van der Waals surface area contributed by atoms with Crippen molar-refractivity contribution in [3.63, 3.8) is 0 Å². The lowest BCUT2D eigenvalue weighted by Gasteiger charge is -2.10. The second kappa shape index (κ2) is 7.61. The van der Waals surface area contributed by atoms with Crippen LogP contribution in [0.4, 0.5) is 5.69 Å². The molecule has 2 aromatic carbocycles. The van der Waals surface area contributed by atoms with Crippen molar-refractivity contribution >= 4 is 11.6 Å². The van der Waals surface area contributed by atoms with Crippen molar-refractivity contribution in [3.05, 3.63) is 60.4 Å². The maximum absolute atomic E-state index is 12.4. The van der Waals surface area contributed by atoms with Crippen LogP contribution in [0.3, 0.4) is 0 Å². The average molecular weight is 336 g/mol. The normalized spacial score (nSPS) is 10.5. The van der Waals surface area contributed by atoms with Crippen LogP contribution in [0, 0.1) is 0 Å². The van der Waals surface area contributed by atoms with Gasteiger partial charge in [0.2, 0.25) is 5.91 Å². The Morgan fingerprint density at radius 3 is 2.80 bits per heavy atom. The number of nitrogens with one attached hydrogen (secondary N) is 1. The van der Waals surface area contributed by atoms with Gasteiger partial charge < -0.3 is 14.6 Å². The molecule has 1 heterocycles. The van der Waals surface area contributed by atoms with Crippen LogP contribution in [0.5, 0.6) is 5.75 Å². The lowest BCUT2D eigenvalue weighted by molar-refractivity contribution is -0.116. The third-order valence-corrected chi connectivity index (χ3v) is 3.93. The first-order valence-corrected chi connectivity index (χ1v) is 8.03. The Bertz CT molecular complexity index is 873. The number of rotatable bonds is 6. The summed E-state index contributed by atoms with van der Waals surface area (Å²) >= 11 is 0. The summed E-state index contributed by atoms with van der Waals surface area (Å²) in [6, 6.07) is 15.3. The standard InChI is InChI=1S/C19H20N4O2/c1-23-13-20-22-19(23)16-8-3-4-9-17(16)21-18(24)11-10-14-6-5-7-15(12-14)25-2/h3-9,12-13H,10-11H2,1-2H3,(H,21,24). The summed E-state index contributed by atoms with van der Waals surface area (Å²) in [5.74, 6) is 1.46. The van der Waals surface area contributed by atoms with Crippen LogP contribution in [0.2, 0.25) is 0 Å². The van der Waals surface area contributed by atoms with Gasteiger partial charge in [0.15, 0.2) is 5.82 Å². The highest BCUT2D eigenvalue weighted by Gasteiger charge is 2.12. The quantitative estimate of drug-likeness (QED) is 0.751. The molecule has 0 aliphatic rings. The molecule has 0 radical (unpaired) electrons. The van der Waals surface area contributed by atoms with E-state index in [0.29, 0.717) is 18.7 Å². The molecule has 0 unspecified atom stereocenters. The lowest BCUT2D eigenvalue weighted by Crippen LogP contribution is -2.13. The van der Waals surface area contributed by atoms with Gasteiger partial charge in [0.25, 0.3) is 0 Å². The highest BCUT2D eigenvalue weighted by Crippen LogP contribution is 2.25. The number of aryl methyl sites for hydroxylation is 2. The van der Waals surface area contributed by atoms with Crippen molar-refractivity contribution in [1.29, 1.82) is 0 Å². The van der Waals surface area contributed by atoms with Crippen LogP contribution in [0.15, 0.2) is 54.9 Å². The van der Waals surface area contributed by atoms with Gasteiger partial charge >= 0.3 is 0 Å². The number of aromatic nitrogens is 3. The van der Waals surface area contributed by atoms with Gasteiger partial charge in [-0.2, -0.15) is 0 Å². The highest BCUT2D eigenvalue weighted by molar-refractivity contribution is 5.94. The number of para-hydroxylation sites is 1. The van der Waals surface area contributed by atoms with E-state index in [9.17, 15) is 4.79 Å². The number of nitrogens with zero attached hydrogens (tertiary/aromatic N) is 3. The van der Waals surface area contributed by atoms with Gasteiger partial charge in [-0.15, -0.1) is 10.2 Å². The van der Waals surface area contributed by atoms with E-state index in [4.69, 9.17) is 4.74 Å². The number of carbonyl (C=O) groups excluding carboxylic acids is 1. The topological polar surface area (TPSA) is 69.0 Å². The molecule has 0 saturated heterocycles. The zero-order chi connectivity index (χ0) is 17.6. The number of amides is 1. The Labute approximate surface area is 146 Å². The van der Waals surface area contributed by atoms with Crippen molar-refractivity contribution in [3.8, 4) is 17.1 Å². The third kappa shape index (κ3) is 4.03. The summed E-state index contributed by atoms with van der Waals surface area (Å²) in [5, 5.41) is 11.0. The molecule has 0 spiro atoms. The molecular weight excluding hydrogens is 316 g/mol. The van der Waals surface area contributed by atoms with Gasteiger partial charge in [0.05, 0.1) is 12.8 Å². The largest absolute Gasteiger partial charge is 0.497 e. The summed E-state index contributed by atoms with van der Waals surface area (Å²) in [5.41, 5.74) is 2.64. The van der Waals surface area contributed by atoms with Gasteiger partial charge in [0, 0.05) is 19.0 Å². The number of ether oxygens (including phenoxy) is 1. The van der Waals surface area contributed by atoms with Crippen LogP contribution in [0.1, 0.15) is 12.0 Å². The molecule has 3 rings (SSSR count). The van der Waals surface area contributed by atoms with Gasteiger partial charge in [-0.25, -0.2) is 0 Å². The van der Waals surface area contributed by atoms with Crippen molar-refractivity contribution in [1.82, 2.24) is 14.8 Å². The smallest absolute Gasteiger partial charge is 0.224 e. The zero-order valence-electron chi connectivity index (χ0n) is 14.3. The molecule has 1 N–H and O–H groups in total. The number of benzene rings is 2. The van der Waals surface area contributed by atoms with Crippen LogP contribution < -0.4 is 10.1 Å². The summed E-state index contributed by atoms with van der Waals surface area (Å²) in [7, 11) is 3.51. The Balaban J connectivity index is 1.68. The fourth-order valence-corrected chi connectivity index (χ4v) is 2.61. The fourth-order valence-electron chi connectivity index (χ4n) is 2.61. The maximum atomic E-state index is 12.4. The average Bonchev–Trinajstić information content (AvgIpc) is 3.06. The Morgan fingerprint density at radius 2 is 2.04 bits per heavy atom. The van der Waals surface area contributed by atoms with Crippen LogP contribution >= 0.6 is 0 Å². The maximum Gasteiger partial charge on any atom is 0.224 e. The Hall–Kier alpha value is -3.15. The molecule has 6 nitrogen and oxygen atoms in total. The fraction of sp³-hybridized carbons (Fsp3) is 0.211. The SMILES string of the molecule is COc1cccc(CCC(=O)Nc2ccccc2-c2nncn2C)c1. The van der Waals surface area contributed by atoms with Gasteiger partial charge in [-0.3, -0.25) is 4.79 Å². The molecule has 0 bridgehead atoms. The number of methoxy groups -OCH3 is 1. The van der Waals surface area contributed by atoms with Crippen molar-refractivity contribution in [2.24, 2.45) is 7.05 Å². The minimum Gasteiger partial charge on any atom is -0.497 e. The second-order valence-corrected chi connectivity index (χ2v) is 5.71. The Kier molecular flexibility index (Phi) is 5.09. The first-order chi connectivity index (χ1) is 12.2. The molecule has 128 valence electrons. The number of hydrogen-bond donors (Lipinski definition) is 1. The van der Waals surface area contributed by atoms with E-state index in [1.807, 2.05) is 60.1 Å². The van der Waals surface area contributed by atoms with E-state index in [-0.39, 0.29) is 5.91 Å². The predicted molar refractivity (Wildman–Crippen MR) is 96.4 cm³/mol. The van der Waals surface area contributed by atoms with E-state index in [1.165, 1.54) is 0 Å². The van der Waals surface area contributed by atoms with Crippen molar-refractivity contribution < 1.29 is 9.53 Å². The lowest BCUT2D eigenvalue weighted by atomic mass is 10.1. The molecule has 0 atom stereocenters. The molecule has 0 saturated carbocycles. The molecule has 6 heteroatoms. The zero-order valence-corrected chi connectivity index (χ0v) is 14.3. The van der Waals surface area contributed by atoms with E-state index in [2.05, 4.69) is 15.5 Å². The first-order valence-electron chi connectivity index (χ1n) is 8.03. The van der Waals surface area contributed by atoms with E-state index in [1.54, 1.807) is 13.4 Å². The van der Waals surface area contributed by atoms with Crippen LogP contribution in [-0.4, -0.2) is 27.8 Å². The molecule has 1 amide bonds. The van der Waals surface area contributed by atoms with E-state index < -0.39 is 0 Å². The second-order valence-electron chi connectivity index (χ2n) is 5.71. The van der Waals surface area contributed by atoms with Crippen LogP contribution in [-0.2, 0) is 18.3 Å². The van der Waals surface area contributed by atoms with Gasteiger partial charge in [0.1, 0.15) is 12.1 Å². The minimum atomic E-state index is -0.0440. The minimum absolute atomic E-state index is 0.0440. The third-order valence-electron chi connectivity index (χ3n) is 3.93. The molecule has 1 aromatic heterocycles. The van der Waals surface area contributed by atoms with Crippen molar-refractivity contribution in [2.75, 3.05) is 12.4 Å². The number of anilines is 1. The molecule has 3 aromatic rings. The van der Waals surface area contributed by atoms with Crippen LogP contribution in [0.25, 0.3) is 11.4 Å². The first kappa shape index (κ1) is 16.7. The summed E-state index contributed by atoms with van der Waals surface area (Å²) < 4.78 is 7.03. The van der Waals surface area contributed by atoms with Gasteiger partial charge in [-0.1, -0.05) is 24.3 Å². The summed E-state index contributed by atoms with van der Waals surface area (Å²) in [6.07, 6.45) is 2.67. The number of hydrogen-bond acceptors (Lipinski definition) is 4. The number of carbonyl (C=O) groups is 1. The Morgan fingerprint density at radius 1 is 1.20 bits per heavy atom. The predicted octanol–water partition coefficient (Wildman–Crippen LogP) is 3.06. The molecule has 0 aliphatic carbocycles. The summed E-state index contributed by atoms with van der Waals surface area (Å²) in [6.45, 7) is 0. The van der Waals surface area contributed by atoms with Crippen molar-refractivity contribution in [2.45, 2.75) is 12.8 Å². The monoisotopic (exact) mass is 336 g/mol. The van der Waals surface area contributed by atoms with E-state index >= 15 is 0 Å². The molecule has 25 heavy (non-hydrogen) atoms. The van der Waals surface area contributed by atoms with Gasteiger partial charge in [-0.05, 0) is 36.2 Å². The molecule has 0 aliphatic heterocycles. The molecular formula is C19H20N4O2.